The summed E-state index contributed by atoms with van der Waals surface area (Å²) in [6, 6.07) is 8.25. The van der Waals surface area contributed by atoms with E-state index >= 15 is 0 Å². The maximum atomic E-state index is 11.7. The first-order chi connectivity index (χ1) is 8.40. The molecule has 1 N–H and O–H groups in total. The van der Waals surface area contributed by atoms with Gasteiger partial charge in [-0.25, -0.2) is 0 Å². The molecule has 4 heteroatoms. The topological polar surface area (TPSA) is 38.3 Å². The third kappa shape index (κ3) is 3.82. The Labute approximate surface area is 117 Å². The normalized spacial score (nSPS) is 13.2. The molecule has 0 aromatic heterocycles. The number of nitrogens with one attached hydrogen (secondary N) is 1. The predicted molar refractivity (Wildman–Crippen MR) is 76.4 cm³/mol. The van der Waals surface area contributed by atoms with Crippen LogP contribution in [-0.2, 0) is 9.53 Å². The summed E-state index contributed by atoms with van der Waals surface area (Å²) in [7, 11) is 1.41. The van der Waals surface area contributed by atoms with Crippen LogP contribution >= 0.6 is 15.9 Å². The molecule has 18 heavy (non-hydrogen) atoms. The van der Waals surface area contributed by atoms with Crippen molar-refractivity contribution in [3.8, 4) is 0 Å². The van der Waals surface area contributed by atoms with Gasteiger partial charge in [0.2, 0.25) is 0 Å². The smallest absolute Gasteiger partial charge is 0.325 e. The molecule has 1 unspecified atom stereocenters. The summed E-state index contributed by atoms with van der Waals surface area (Å²) in [5.41, 5.74) is 0.473. The summed E-state index contributed by atoms with van der Waals surface area (Å²) in [5, 5.41) is 3.34. The number of carbonyl (C=O) groups excluding carboxylic acids is 1. The summed E-state index contributed by atoms with van der Waals surface area (Å²) in [6.45, 7) is 5.76. The van der Waals surface area contributed by atoms with Gasteiger partial charge in [0.15, 0.2) is 0 Å². The van der Waals surface area contributed by atoms with Crippen LogP contribution in [-0.4, -0.2) is 18.6 Å². The minimum absolute atomic E-state index is 0.132. The van der Waals surface area contributed by atoms with Crippen molar-refractivity contribution in [1.82, 2.24) is 5.32 Å². The lowest BCUT2D eigenvalue weighted by Crippen LogP contribution is -2.48. The number of carbonyl (C=O) groups is 1. The summed E-state index contributed by atoms with van der Waals surface area (Å²) in [5.74, 6) is -0.252. The van der Waals surface area contributed by atoms with Gasteiger partial charge >= 0.3 is 5.97 Å². The first kappa shape index (κ1) is 15.2. The summed E-state index contributed by atoms with van der Waals surface area (Å²) in [4.78, 5) is 11.7. The third-order valence-corrected chi connectivity index (χ3v) is 3.44. The van der Waals surface area contributed by atoms with Crippen molar-refractivity contribution < 1.29 is 9.53 Å². The second-order valence-electron chi connectivity index (χ2n) is 4.77. The van der Waals surface area contributed by atoms with Crippen LogP contribution in [0, 0.1) is 0 Å². The van der Waals surface area contributed by atoms with E-state index in [0.29, 0.717) is 0 Å². The fourth-order valence-electron chi connectivity index (χ4n) is 1.87. The highest BCUT2D eigenvalue weighted by Crippen LogP contribution is 2.22. The number of esters is 1. The molecule has 1 rings (SSSR count). The molecular formula is C14H20BrNO2. The van der Waals surface area contributed by atoms with Gasteiger partial charge in [-0.2, -0.15) is 0 Å². The lowest BCUT2D eigenvalue weighted by atomic mass is 9.98. The van der Waals surface area contributed by atoms with Gasteiger partial charge in [-0.1, -0.05) is 35.0 Å². The number of ether oxygens (including phenoxy) is 1. The Balaban J connectivity index is 2.85. The molecule has 0 radical (unpaired) electrons. The van der Waals surface area contributed by atoms with Crippen molar-refractivity contribution in [2.75, 3.05) is 7.11 Å². The first-order valence-corrected chi connectivity index (χ1v) is 6.81. The van der Waals surface area contributed by atoms with E-state index in [4.69, 9.17) is 4.74 Å². The van der Waals surface area contributed by atoms with Crippen molar-refractivity contribution in [3.05, 3.63) is 34.3 Å². The van der Waals surface area contributed by atoms with Crippen molar-refractivity contribution in [3.63, 3.8) is 0 Å². The maximum Gasteiger partial charge on any atom is 0.325 e. The molecule has 1 aromatic rings. The highest BCUT2D eigenvalue weighted by molar-refractivity contribution is 9.10. The average Bonchev–Trinajstić information content (AvgIpc) is 2.36. The highest BCUT2D eigenvalue weighted by atomic mass is 79.9. The van der Waals surface area contributed by atoms with E-state index in [1.54, 1.807) is 0 Å². The van der Waals surface area contributed by atoms with E-state index in [9.17, 15) is 4.79 Å². The average molecular weight is 314 g/mol. The van der Waals surface area contributed by atoms with Crippen molar-refractivity contribution in [2.45, 2.75) is 38.8 Å². The third-order valence-electron chi connectivity index (χ3n) is 2.91. The zero-order valence-electron chi connectivity index (χ0n) is 11.3. The van der Waals surface area contributed by atoms with E-state index in [-0.39, 0.29) is 12.0 Å². The van der Waals surface area contributed by atoms with Crippen LogP contribution in [0.5, 0.6) is 0 Å². The lowest BCUT2D eigenvalue weighted by molar-refractivity contribution is -0.147. The molecule has 1 atom stereocenters. The van der Waals surface area contributed by atoms with E-state index in [2.05, 4.69) is 40.3 Å². The van der Waals surface area contributed by atoms with Gasteiger partial charge in [0.05, 0.1) is 7.11 Å². The Morgan fingerprint density at radius 3 is 2.39 bits per heavy atom. The van der Waals surface area contributed by atoms with Crippen LogP contribution in [0.2, 0.25) is 0 Å². The van der Waals surface area contributed by atoms with Crippen LogP contribution in [0.25, 0.3) is 0 Å². The quantitative estimate of drug-likeness (QED) is 0.846. The van der Waals surface area contributed by atoms with Crippen LogP contribution in [0.1, 0.15) is 38.8 Å². The molecule has 0 aliphatic carbocycles. The van der Waals surface area contributed by atoms with Gasteiger partial charge in [0.25, 0.3) is 0 Å². The molecule has 0 aliphatic rings. The largest absolute Gasteiger partial charge is 0.468 e. The second kappa shape index (κ2) is 6.34. The lowest BCUT2D eigenvalue weighted by Gasteiger charge is -2.29. The maximum absolute atomic E-state index is 11.7. The first-order valence-electron chi connectivity index (χ1n) is 6.02. The number of hydrogen-bond donors (Lipinski definition) is 1. The molecule has 0 bridgehead atoms. The minimum Gasteiger partial charge on any atom is -0.468 e. The molecule has 100 valence electrons. The molecule has 0 aliphatic heterocycles. The Kier molecular flexibility index (Phi) is 5.35. The number of benzene rings is 1. The molecular weight excluding hydrogens is 294 g/mol. The Morgan fingerprint density at radius 2 is 1.94 bits per heavy atom. The Hall–Kier alpha value is -0.870. The number of hydrogen-bond acceptors (Lipinski definition) is 3. The van der Waals surface area contributed by atoms with Crippen LogP contribution in [0.15, 0.2) is 28.7 Å². The van der Waals surface area contributed by atoms with Gasteiger partial charge in [0.1, 0.15) is 5.54 Å². The van der Waals surface area contributed by atoms with Crippen molar-refractivity contribution in [2.24, 2.45) is 0 Å². The van der Waals surface area contributed by atoms with E-state index in [0.717, 1.165) is 16.5 Å². The second-order valence-corrected chi connectivity index (χ2v) is 5.69. The molecule has 0 fully saturated rings. The molecule has 1 aromatic carbocycles. The van der Waals surface area contributed by atoms with Crippen molar-refractivity contribution in [1.29, 1.82) is 0 Å². The Morgan fingerprint density at radius 1 is 1.39 bits per heavy atom. The number of halogens is 1. The SMILES string of the molecule is CCC(NC(C)(C)C(=O)OC)c1ccc(Br)cc1. The summed E-state index contributed by atoms with van der Waals surface area (Å²) >= 11 is 3.42. The monoisotopic (exact) mass is 313 g/mol. The van der Waals surface area contributed by atoms with Gasteiger partial charge in [-0.15, -0.1) is 0 Å². The number of methoxy groups -OCH3 is 1. The molecule has 0 saturated carbocycles. The summed E-state index contributed by atoms with van der Waals surface area (Å²) in [6.07, 6.45) is 0.905. The highest BCUT2D eigenvalue weighted by Gasteiger charge is 2.30. The molecule has 0 heterocycles. The summed E-state index contributed by atoms with van der Waals surface area (Å²) < 4.78 is 5.86. The molecule has 0 amide bonds. The fourth-order valence-corrected chi connectivity index (χ4v) is 2.13. The predicted octanol–water partition coefficient (Wildman–Crippen LogP) is 3.44. The van der Waals surface area contributed by atoms with E-state index in [1.807, 2.05) is 26.0 Å². The number of rotatable bonds is 5. The van der Waals surface area contributed by atoms with Crippen molar-refractivity contribution >= 4 is 21.9 Å². The van der Waals surface area contributed by atoms with Gasteiger partial charge in [-0.05, 0) is 38.0 Å². The van der Waals surface area contributed by atoms with Crippen LogP contribution in [0.3, 0.4) is 0 Å². The molecule has 0 saturated heterocycles. The molecule has 0 spiro atoms. The standard InChI is InChI=1S/C14H20BrNO2/c1-5-12(10-6-8-11(15)9-7-10)16-14(2,3)13(17)18-4/h6-9,12,16H,5H2,1-4H3. The van der Waals surface area contributed by atoms with Gasteiger partial charge in [0, 0.05) is 10.5 Å². The van der Waals surface area contributed by atoms with E-state index in [1.165, 1.54) is 7.11 Å². The minimum atomic E-state index is -0.692. The van der Waals surface area contributed by atoms with Crippen LogP contribution < -0.4 is 5.32 Å². The molecule has 3 nitrogen and oxygen atoms in total. The Bertz CT molecular complexity index is 401. The zero-order valence-corrected chi connectivity index (χ0v) is 12.9. The van der Waals surface area contributed by atoms with Crippen LogP contribution in [0.4, 0.5) is 0 Å². The van der Waals surface area contributed by atoms with E-state index < -0.39 is 5.54 Å². The van der Waals surface area contributed by atoms with Gasteiger partial charge in [-0.3, -0.25) is 10.1 Å². The zero-order chi connectivity index (χ0) is 13.8. The fraction of sp³-hybridized carbons (Fsp3) is 0.500. The van der Waals surface area contributed by atoms with Gasteiger partial charge < -0.3 is 4.74 Å².